The van der Waals surface area contributed by atoms with Gasteiger partial charge in [0.1, 0.15) is 21.4 Å². The summed E-state index contributed by atoms with van der Waals surface area (Å²) in [5.74, 6) is 0.320. The molecule has 1 aromatic heterocycles. The highest BCUT2D eigenvalue weighted by atomic mass is 16.3. The Morgan fingerprint density at radius 3 is 2.71 bits per heavy atom. The molecule has 88 valence electrons. The van der Waals surface area contributed by atoms with Gasteiger partial charge in [0.15, 0.2) is 0 Å². The number of likely N-dealkylation sites (N-methyl/N-ethyl adjacent to an activating group) is 1. The molecule has 2 aromatic rings. The number of phenols is 1. The lowest BCUT2D eigenvalue weighted by Crippen LogP contribution is -2.47. The smallest absolute Gasteiger partial charge is 0.117 e. The first-order chi connectivity index (χ1) is 7.90. The first-order valence-corrected chi connectivity index (χ1v) is 5.86. The van der Waals surface area contributed by atoms with Crippen molar-refractivity contribution in [2.24, 2.45) is 0 Å². The van der Waals surface area contributed by atoms with E-state index < -0.39 is 0 Å². The van der Waals surface area contributed by atoms with E-state index in [4.69, 9.17) is 0 Å². The molecule has 0 aliphatic heterocycles. The fraction of sp³-hybridized carbons (Fsp3) is 0.333. The van der Waals surface area contributed by atoms with Crippen LogP contribution in [0.3, 0.4) is 0 Å². The van der Waals surface area contributed by atoms with Crippen LogP contribution in [0.5, 0.6) is 5.75 Å². The van der Waals surface area contributed by atoms with Crippen LogP contribution in [-0.2, 0) is 6.42 Å². The molecule has 5 heteroatoms. The SMILES string of the molecule is BC(B)(Cc1c[nH]c2ccc(O)cc12)N(C)C. The first-order valence-electron chi connectivity index (χ1n) is 5.86. The fourth-order valence-corrected chi connectivity index (χ4v) is 1.94. The van der Waals surface area contributed by atoms with Crippen LogP contribution >= 0.6 is 0 Å². The lowest BCUT2D eigenvalue weighted by Gasteiger charge is -2.32. The maximum atomic E-state index is 9.56. The van der Waals surface area contributed by atoms with Gasteiger partial charge in [-0.15, -0.1) is 0 Å². The summed E-state index contributed by atoms with van der Waals surface area (Å²) in [6.07, 6.45) is 2.98. The number of nitrogens with one attached hydrogen (secondary N) is 1. The highest BCUT2D eigenvalue weighted by Gasteiger charge is 2.22. The van der Waals surface area contributed by atoms with Crippen molar-refractivity contribution in [1.29, 1.82) is 0 Å². The van der Waals surface area contributed by atoms with Gasteiger partial charge in [0.25, 0.3) is 0 Å². The molecule has 0 atom stereocenters. The monoisotopic (exact) mass is 228 g/mol. The summed E-state index contributed by atoms with van der Waals surface area (Å²) < 4.78 is 0. The van der Waals surface area contributed by atoms with Crippen molar-refractivity contribution in [2.45, 2.75) is 11.8 Å². The van der Waals surface area contributed by atoms with Gasteiger partial charge in [-0.3, -0.25) is 0 Å². The second-order valence-electron chi connectivity index (χ2n) is 5.43. The maximum absolute atomic E-state index is 9.56. The fourth-order valence-electron chi connectivity index (χ4n) is 1.94. The third-order valence-corrected chi connectivity index (χ3v) is 3.58. The number of H-pyrrole nitrogens is 1. The van der Waals surface area contributed by atoms with Crippen molar-refractivity contribution in [2.75, 3.05) is 14.1 Å². The standard InChI is InChI=1S/C12H18B2N2O/c1-16(2)12(13,14)6-8-7-15-11-4-3-9(17)5-10(8)11/h3-5,7,15,17H,6,13-14H2,1-2H3. The molecule has 0 radical (unpaired) electrons. The summed E-state index contributed by atoms with van der Waals surface area (Å²) in [7, 11) is 8.61. The maximum Gasteiger partial charge on any atom is 0.117 e. The van der Waals surface area contributed by atoms with Crippen molar-refractivity contribution < 1.29 is 5.11 Å². The average Bonchev–Trinajstić information content (AvgIpc) is 2.60. The van der Waals surface area contributed by atoms with E-state index in [1.165, 1.54) is 5.56 Å². The summed E-state index contributed by atoms with van der Waals surface area (Å²) in [5, 5.41) is 10.8. The number of hydrogen-bond donors (Lipinski definition) is 2. The van der Waals surface area contributed by atoms with E-state index in [0.717, 1.165) is 17.3 Å². The largest absolute Gasteiger partial charge is 0.508 e. The quantitative estimate of drug-likeness (QED) is 0.720. The van der Waals surface area contributed by atoms with E-state index in [1.54, 1.807) is 6.07 Å². The Morgan fingerprint density at radius 1 is 1.35 bits per heavy atom. The van der Waals surface area contributed by atoms with Crippen LogP contribution in [0, 0.1) is 0 Å². The van der Waals surface area contributed by atoms with Crippen LogP contribution in [0.1, 0.15) is 5.56 Å². The number of hydrogen-bond acceptors (Lipinski definition) is 2. The number of aromatic nitrogens is 1. The van der Waals surface area contributed by atoms with E-state index in [9.17, 15) is 5.11 Å². The third kappa shape index (κ3) is 2.34. The van der Waals surface area contributed by atoms with Crippen molar-refractivity contribution in [3.8, 4) is 5.75 Å². The predicted octanol–water partition coefficient (Wildman–Crippen LogP) is -0.102. The van der Waals surface area contributed by atoms with Gasteiger partial charge in [0.05, 0.1) is 0 Å². The van der Waals surface area contributed by atoms with E-state index in [2.05, 4.69) is 39.7 Å². The molecule has 17 heavy (non-hydrogen) atoms. The van der Waals surface area contributed by atoms with Gasteiger partial charge in [-0.05, 0) is 49.6 Å². The van der Waals surface area contributed by atoms with Crippen molar-refractivity contribution in [1.82, 2.24) is 9.88 Å². The zero-order chi connectivity index (χ0) is 12.6. The minimum Gasteiger partial charge on any atom is -0.508 e. The predicted molar refractivity (Wildman–Crippen MR) is 77.2 cm³/mol. The average molecular weight is 228 g/mol. The molecule has 1 aromatic carbocycles. The molecule has 1 heterocycles. The number of nitrogens with zero attached hydrogens (tertiary/aromatic N) is 1. The van der Waals surface area contributed by atoms with Gasteiger partial charge >= 0.3 is 0 Å². The summed E-state index contributed by atoms with van der Waals surface area (Å²) in [6, 6.07) is 5.45. The van der Waals surface area contributed by atoms with Crippen LogP contribution in [0.25, 0.3) is 10.9 Å². The highest BCUT2D eigenvalue weighted by Crippen LogP contribution is 2.25. The zero-order valence-corrected chi connectivity index (χ0v) is 10.9. The molecule has 0 aliphatic rings. The molecule has 0 amide bonds. The number of phenolic OH excluding ortho intramolecular Hbond substituents is 1. The van der Waals surface area contributed by atoms with Crippen LogP contribution in [0.15, 0.2) is 24.4 Å². The van der Waals surface area contributed by atoms with E-state index in [1.807, 2.05) is 18.3 Å². The molecule has 2 N–H and O–H groups in total. The lowest BCUT2D eigenvalue weighted by molar-refractivity contribution is 0.334. The Hall–Kier alpha value is -1.35. The molecule has 0 saturated heterocycles. The Labute approximate surface area is 104 Å². The number of aromatic amines is 1. The normalized spacial score (nSPS) is 12.4. The molecular weight excluding hydrogens is 210 g/mol. The Bertz CT molecular complexity index is 534. The van der Waals surface area contributed by atoms with Gasteiger partial charge in [-0.1, -0.05) is 0 Å². The number of fused-ring (bicyclic) bond motifs is 1. The number of aromatic hydroxyl groups is 1. The summed E-state index contributed by atoms with van der Waals surface area (Å²) >= 11 is 0. The molecule has 0 unspecified atom stereocenters. The van der Waals surface area contributed by atoms with Gasteiger partial charge in [-0.2, -0.15) is 0 Å². The van der Waals surface area contributed by atoms with Gasteiger partial charge < -0.3 is 15.0 Å². The van der Waals surface area contributed by atoms with E-state index in [-0.39, 0.29) is 5.34 Å². The van der Waals surface area contributed by atoms with Crippen molar-refractivity contribution in [3.05, 3.63) is 30.0 Å². The Morgan fingerprint density at radius 2 is 2.06 bits per heavy atom. The third-order valence-electron chi connectivity index (χ3n) is 3.58. The first kappa shape index (κ1) is 12.1. The molecule has 2 rings (SSSR count). The second-order valence-corrected chi connectivity index (χ2v) is 5.43. The van der Waals surface area contributed by atoms with Crippen LogP contribution in [0.4, 0.5) is 0 Å². The van der Waals surface area contributed by atoms with Gasteiger partial charge in [-0.25, -0.2) is 0 Å². The van der Waals surface area contributed by atoms with Crippen LogP contribution in [-0.4, -0.2) is 50.1 Å². The molecule has 0 aliphatic carbocycles. The molecule has 3 nitrogen and oxygen atoms in total. The zero-order valence-electron chi connectivity index (χ0n) is 10.9. The van der Waals surface area contributed by atoms with Crippen LogP contribution < -0.4 is 0 Å². The van der Waals surface area contributed by atoms with Crippen molar-refractivity contribution in [3.63, 3.8) is 0 Å². The van der Waals surface area contributed by atoms with E-state index >= 15 is 0 Å². The van der Waals surface area contributed by atoms with Gasteiger partial charge in [0.2, 0.25) is 0 Å². The topological polar surface area (TPSA) is 39.3 Å². The molecule has 0 fully saturated rings. The molecule has 0 saturated carbocycles. The van der Waals surface area contributed by atoms with E-state index in [0.29, 0.717) is 5.75 Å². The number of rotatable bonds is 3. The summed E-state index contributed by atoms with van der Waals surface area (Å²) in [6.45, 7) is 0. The number of benzene rings is 1. The van der Waals surface area contributed by atoms with Crippen LogP contribution in [0.2, 0.25) is 0 Å². The highest BCUT2D eigenvalue weighted by molar-refractivity contribution is 6.40. The minimum atomic E-state index is 0.0978. The molecular formula is C12H18B2N2O. The summed E-state index contributed by atoms with van der Waals surface area (Å²) in [4.78, 5) is 5.46. The van der Waals surface area contributed by atoms with Crippen molar-refractivity contribution >= 4 is 26.6 Å². The molecule has 0 spiro atoms. The lowest BCUT2D eigenvalue weighted by atomic mass is 9.58. The Kier molecular flexibility index (Phi) is 2.96. The minimum absolute atomic E-state index is 0.0978. The van der Waals surface area contributed by atoms with Gasteiger partial charge in [0, 0.05) is 17.1 Å². The second kappa shape index (κ2) is 4.15. The Balaban J connectivity index is 2.40. The summed E-state index contributed by atoms with van der Waals surface area (Å²) in [5.41, 5.74) is 2.32. The molecule has 0 bridgehead atoms.